The molecule has 1 heterocycles. The SMILES string of the molecule is CCN1CC(CC(C)O)c2c(O)cccc21. The molecule has 1 aromatic rings. The molecule has 1 aromatic carbocycles. The fourth-order valence-corrected chi connectivity index (χ4v) is 2.59. The third-order valence-corrected chi connectivity index (χ3v) is 3.26. The average molecular weight is 221 g/mol. The molecule has 0 amide bonds. The first kappa shape index (κ1) is 11.3. The zero-order valence-electron chi connectivity index (χ0n) is 9.85. The van der Waals surface area contributed by atoms with E-state index in [9.17, 15) is 10.2 Å². The average Bonchev–Trinajstić information content (AvgIpc) is 2.57. The Kier molecular flexibility index (Phi) is 3.06. The van der Waals surface area contributed by atoms with Gasteiger partial charge in [0.1, 0.15) is 5.75 Å². The van der Waals surface area contributed by atoms with Crippen LogP contribution in [-0.2, 0) is 0 Å². The summed E-state index contributed by atoms with van der Waals surface area (Å²) < 4.78 is 0. The van der Waals surface area contributed by atoms with Crippen molar-refractivity contribution in [3.8, 4) is 5.75 Å². The summed E-state index contributed by atoms with van der Waals surface area (Å²) in [5.41, 5.74) is 2.12. The number of fused-ring (bicyclic) bond motifs is 1. The number of phenols is 1. The molecule has 0 fully saturated rings. The number of hydrogen-bond acceptors (Lipinski definition) is 3. The summed E-state index contributed by atoms with van der Waals surface area (Å²) in [5, 5.41) is 19.4. The largest absolute Gasteiger partial charge is 0.508 e. The van der Waals surface area contributed by atoms with Crippen LogP contribution >= 0.6 is 0 Å². The molecule has 0 spiro atoms. The van der Waals surface area contributed by atoms with Crippen molar-refractivity contribution in [2.24, 2.45) is 0 Å². The monoisotopic (exact) mass is 221 g/mol. The molecule has 2 rings (SSSR count). The van der Waals surface area contributed by atoms with Crippen molar-refractivity contribution in [1.82, 2.24) is 0 Å². The van der Waals surface area contributed by atoms with Crippen molar-refractivity contribution in [1.29, 1.82) is 0 Å². The molecule has 88 valence electrons. The molecular weight excluding hydrogens is 202 g/mol. The number of nitrogens with zero attached hydrogens (tertiary/aromatic N) is 1. The first-order valence-electron chi connectivity index (χ1n) is 5.88. The van der Waals surface area contributed by atoms with Gasteiger partial charge in [0, 0.05) is 30.3 Å². The van der Waals surface area contributed by atoms with Crippen molar-refractivity contribution >= 4 is 5.69 Å². The van der Waals surface area contributed by atoms with Gasteiger partial charge in [0.25, 0.3) is 0 Å². The third kappa shape index (κ3) is 1.87. The molecule has 0 bridgehead atoms. The second kappa shape index (κ2) is 4.34. The first-order valence-corrected chi connectivity index (χ1v) is 5.88. The molecule has 2 N–H and O–H groups in total. The molecule has 0 aromatic heterocycles. The number of anilines is 1. The zero-order chi connectivity index (χ0) is 11.7. The zero-order valence-corrected chi connectivity index (χ0v) is 9.85. The summed E-state index contributed by atoms with van der Waals surface area (Å²) in [4.78, 5) is 2.25. The van der Waals surface area contributed by atoms with E-state index in [0.717, 1.165) is 24.3 Å². The maximum absolute atomic E-state index is 9.92. The molecule has 2 atom stereocenters. The summed E-state index contributed by atoms with van der Waals surface area (Å²) in [6, 6.07) is 5.65. The smallest absolute Gasteiger partial charge is 0.121 e. The van der Waals surface area contributed by atoms with E-state index in [1.807, 2.05) is 12.1 Å². The van der Waals surface area contributed by atoms with Crippen LogP contribution in [0.15, 0.2) is 18.2 Å². The van der Waals surface area contributed by atoms with Crippen LogP contribution in [0.5, 0.6) is 5.75 Å². The molecular formula is C13H19NO2. The lowest BCUT2D eigenvalue weighted by Crippen LogP contribution is -2.22. The van der Waals surface area contributed by atoms with E-state index in [1.165, 1.54) is 0 Å². The highest BCUT2D eigenvalue weighted by atomic mass is 16.3. The summed E-state index contributed by atoms with van der Waals surface area (Å²) in [6.07, 6.45) is 0.385. The van der Waals surface area contributed by atoms with Gasteiger partial charge in [0.2, 0.25) is 0 Å². The van der Waals surface area contributed by atoms with Crippen LogP contribution in [0.25, 0.3) is 0 Å². The standard InChI is InChI=1S/C13H19NO2/c1-3-14-8-10(7-9(2)15)13-11(14)5-4-6-12(13)16/h4-6,9-10,15-16H,3,7-8H2,1-2H3. The lowest BCUT2D eigenvalue weighted by atomic mass is 9.95. The summed E-state index contributed by atoms with van der Waals surface area (Å²) in [5.74, 6) is 0.607. The van der Waals surface area contributed by atoms with Gasteiger partial charge in [-0.1, -0.05) is 6.07 Å². The molecule has 2 unspecified atom stereocenters. The van der Waals surface area contributed by atoms with Crippen LogP contribution in [-0.4, -0.2) is 29.4 Å². The Morgan fingerprint density at radius 3 is 2.88 bits per heavy atom. The topological polar surface area (TPSA) is 43.7 Å². The van der Waals surface area contributed by atoms with E-state index >= 15 is 0 Å². The Labute approximate surface area is 96.3 Å². The molecule has 0 aliphatic carbocycles. The molecule has 1 aliphatic rings. The van der Waals surface area contributed by atoms with E-state index < -0.39 is 0 Å². The van der Waals surface area contributed by atoms with Crippen molar-refractivity contribution in [3.05, 3.63) is 23.8 Å². The van der Waals surface area contributed by atoms with Gasteiger partial charge in [-0.25, -0.2) is 0 Å². The number of benzene rings is 1. The van der Waals surface area contributed by atoms with Crippen molar-refractivity contribution in [3.63, 3.8) is 0 Å². The Hall–Kier alpha value is -1.22. The van der Waals surface area contributed by atoms with Gasteiger partial charge >= 0.3 is 0 Å². The summed E-state index contributed by atoms with van der Waals surface area (Å²) in [6.45, 7) is 5.74. The number of phenolic OH excluding ortho intramolecular Hbond substituents is 1. The van der Waals surface area contributed by atoms with E-state index in [2.05, 4.69) is 11.8 Å². The molecule has 3 nitrogen and oxygen atoms in total. The predicted octanol–water partition coefficient (Wildman–Crippen LogP) is 2.09. The fourth-order valence-electron chi connectivity index (χ4n) is 2.59. The quantitative estimate of drug-likeness (QED) is 0.821. The van der Waals surface area contributed by atoms with Gasteiger partial charge in [-0.05, 0) is 32.4 Å². The minimum absolute atomic E-state index is 0.246. The molecule has 0 saturated carbocycles. The highest BCUT2D eigenvalue weighted by Gasteiger charge is 2.30. The van der Waals surface area contributed by atoms with E-state index in [4.69, 9.17) is 0 Å². The Morgan fingerprint density at radius 2 is 2.25 bits per heavy atom. The number of likely N-dealkylation sites (N-methyl/N-ethyl adjacent to an activating group) is 1. The van der Waals surface area contributed by atoms with Crippen LogP contribution in [0.3, 0.4) is 0 Å². The van der Waals surface area contributed by atoms with Crippen LogP contribution in [0, 0.1) is 0 Å². The number of aliphatic hydroxyl groups is 1. The molecule has 0 saturated heterocycles. The second-order valence-corrected chi connectivity index (χ2v) is 4.53. The molecule has 3 heteroatoms. The maximum Gasteiger partial charge on any atom is 0.121 e. The van der Waals surface area contributed by atoms with E-state index in [-0.39, 0.29) is 12.0 Å². The van der Waals surface area contributed by atoms with Crippen molar-refractivity contribution < 1.29 is 10.2 Å². The normalized spacial score (nSPS) is 20.9. The Bertz CT molecular complexity index is 376. The molecule has 0 radical (unpaired) electrons. The van der Waals surface area contributed by atoms with E-state index in [0.29, 0.717) is 12.2 Å². The number of rotatable bonds is 3. The minimum atomic E-state index is -0.325. The van der Waals surface area contributed by atoms with Gasteiger partial charge in [0.15, 0.2) is 0 Å². The number of aliphatic hydroxyl groups excluding tert-OH is 1. The van der Waals surface area contributed by atoms with Crippen LogP contribution in [0.1, 0.15) is 31.7 Å². The Balaban J connectivity index is 2.35. The minimum Gasteiger partial charge on any atom is -0.508 e. The molecule has 16 heavy (non-hydrogen) atoms. The third-order valence-electron chi connectivity index (χ3n) is 3.26. The van der Waals surface area contributed by atoms with Gasteiger partial charge in [-0.3, -0.25) is 0 Å². The van der Waals surface area contributed by atoms with Gasteiger partial charge in [-0.2, -0.15) is 0 Å². The lowest BCUT2D eigenvalue weighted by Gasteiger charge is -2.17. The first-order chi connectivity index (χ1) is 7.63. The van der Waals surface area contributed by atoms with Crippen LogP contribution < -0.4 is 4.90 Å². The number of hydrogen-bond donors (Lipinski definition) is 2. The molecule has 1 aliphatic heterocycles. The lowest BCUT2D eigenvalue weighted by molar-refractivity contribution is 0.175. The number of aromatic hydroxyl groups is 1. The summed E-state index contributed by atoms with van der Waals surface area (Å²) >= 11 is 0. The van der Waals surface area contributed by atoms with Gasteiger partial charge < -0.3 is 15.1 Å². The van der Waals surface area contributed by atoms with E-state index in [1.54, 1.807) is 13.0 Å². The fraction of sp³-hybridized carbons (Fsp3) is 0.538. The predicted molar refractivity (Wildman–Crippen MR) is 65.0 cm³/mol. The maximum atomic E-state index is 9.92. The van der Waals surface area contributed by atoms with Gasteiger partial charge in [0.05, 0.1) is 6.10 Å². The van der Waals surface area contributed by atoms with Crippen LogP contribution in [0.2, 0.25) is 0 Å². The highest BCUT2D eigenvalue weighted by molar-refractivity contribution is 5.65. The van der Waals surface area contributed by atoms with Crippen molar-refractivity contribution in [2.45, 2.75) is 32.3 Å². The second-order valence-electron chi connectivity index (χ2n) is 4.53. The highest BCUT2D eigenvalue weighted by Crippen LogP contribution is 2.43. The van der Waals surface area contributed by atoms with Crippen LogP contribution in [0.4, 0.5) is 5.69 Å². The summed E-state index contributed by atoms with van der Waals surface area (Å²) in [7, 11) is 0. The Morgan fingerprint density at radius 1 is 1.50 bits per heavy atom. The van der Waals surface area contributed by atoms with Gasteiger partial charge in [-0.15, -0.1) is 0 Å². The van der Waals surface area contributed by atoms with Crippen molar-refractivity contribution in [2.75, 3.05) is 18.0 Å².